The summed E-state index contributed by atoms with van der Waals surface area (Å²) in [6.07, 6.45) is 4.79. The number of aliphatic imine (C=N–C) groups is 1. The zero-order chi connectivity index (χ0) is 16.3. The molecule has 136 valence electrons. The monoisotopic (exact) mass is 444 g/mol. The van der Waals surface area contributed by atoms with Crippen LogP contribution in [0.1, 0.15) is 31.7 Å². The SMILES string of the molecule is CCCN1CCC(CNC(=NC)NCCCc2ccccc2)C1.I. The molecule has 1 aromatic rings. The Labute approximate surface area is 164 Å². The van der Waals surface area contributed by atoms with Gasteiger partial charge in [-0.2, -0.15) is 0 Å². The van der Waals surface area contributed by atoms with E-state index >= 15 is 0 Å². The summed E-state index contributed by atoms with van der Waals surface area (Å²) in [5, 5.41) is 6.91. The third-order valence-corrected chi connectivity index (χ3v) is 4.47. The Morgan fingerprint density at radius 3 is 2.75 bits per heavy atom. The van der Waals surface area contributed by atoms with Crippen LogP contribution in [0.5, 0.6) is 0 Å². The lowest BCUT2D eigenvalue weighted by Gasteiger charge is -2.17. The molecule has 2 N–H and O–H groups in total. The molecule has 0 radical (unpaired) electrons. The van der Waals surface area contributed by atoms with Crippen molar-refractivity contribution in [1.29, 1.82) is 0 Å². The van der Waals surface area contributed by atoms with Gasteiger partial charge in [-0.25, -0.2) is 0 Å². The molecule has 0 aromatic heterocycles. The van der Waals surface area contributed by atoms with E-state index in [1.807, 2.05) is 7.05 Å². The molecule has 0 amide bonds. The van der Waals surface area contributed by atoms with E-state index in [2.05, 4.69) is 57.8 Å². The molecule has 1 atom stereocenters. The van der Waals surface area contributed by atoms with E-state index in [9.17, 15) is 0 Å². The van der Waals surface area contributed by atoms with Crippen LogP contribution in [0.15, 0.2) is 35.3 Å². The Morgan fingerprint density at radius 2 is 2.04 bits per heavy atom. The topological polar surface area (TPSA) is 39.7 Å². The van der Waals surface area contributed by atoms with Gasteiger partial charge in [0.15, 0.2) is 5.96 Å². The normalized spacial score (nSPS) is 18.2. The Balaban J connectivity index is 0.00000288. The summed E-state index contributed by atoms with van der Waals surface area (Å²) in [4.78, 5) is 6.90. The third kappa shape index (κ3) is 7.83. The highest BCUT2D eigenvalue weighted by Crippen LogP contribution is 2.15. The molecule has 1 unspecified atom stereocenters. The molecule has 5 heteroatoms. The Morgan fingerprint density at radius 1 is 1.25 bits per heavy atom. The Bertz CT molecular complexity index is 464. The average molecular weight is 444 g/mol. The van der Waals surface area contributed by atoms with Gasteiger partial charge in [0.2, 0.25) is 0 Å². The van der Waals surface area contributed by atoms with Crippen LogP contribution in [0.3, 0.4) is 0 Å². The fourth-order valence-corrected chi connectivity index (χ4v) is 3.20. The lowest BCUT2D eigenvalue weighted by molar-refractivity contribution is 0.324. The Kier molecular flexibility index (Phi) is 11.1. The third-order valence-electron chi connectivity index (χ3n) is 4.47. The van der Waals surface area contributed by atoms with Gasteiger partial charge in [-0.05, 0) is 50.3 Å². The summed E-state index contributed by atoms with van der Waals surface area (Å²) in [5.74, 6) is 1.69. The van der Waals surface area contributed by atoms with Crippen molar-refractivity contribution in [3.63, 3.8) is 0 Å². The molecule has 1 heterocycles. The van der Waals surface area contributed by atoms with Gasteiger partial charge < -0.3 is 15.5 Å². The van der Waals surface area contributed by atoms with Crippen LogP contribution in [0.4, 0.5) is 0 Å². The second-order valence-electron chi connectivity index (χ2n) is 6.42. The first-order valence-electron chi connectivity index (χ1n) is 9.02. The lowest BCUT2D eigenvalue weighted by Crippen LogP contribution is -2.40. The number of guanidine groups is 1. The van der Waals surface area contributed by atoms with Crippen molar-refractivity contribution in [1.82, 2.24) is 15.5 Å². The largest absolute Gasteiger partial charge is 0.356 e. The minimum Gasteiger partial charge on any atom is -0.356 e. The highest BCUT2D eigenvalue weighted by molar-refractivity contribution is 14.0. The number of halogens is 1. The van der Waals surface area contributed by atoms with E-state index in [-0.39, 0.29) is 24.0 Å². The van der Waals surface area contributed by atoms with Crippen LogP contribution in [-0.4, -0.2) is 50.6 Å². The maximum absolute atomic E-state index is 4.33. The zero-order valence-corrected chi connectivity index (χ0v) is 17.5. The van der Waals surface area contributed by atoms with Crippen molar-refractivity contribution >= 4 is 29.9 Å². The summed E-state index contributed by atoms with van der Waals surface area (Å²) in [5.41, 5.74) is 1.40. The fraction of sp³-hybridized carbons (Fsp3) is 0.632. The van der Waals surface area contributed by atoms with Crippen molar-refractivity contribution in [3.05, 3.63) is 35.9 Å². The van der Waals surface area contributed by atoms with Gasteiger partial charge in [0, 0.05) is 26.7 Å². The molecule has 24 heavy (non-hydrogen) atoms. The van der Waals surface area contributed by atoms with E-state index in [1.165, 1.54) is 38.0 Å². The van der Waals surface area contributed by atoms with Crippen LogP contribution in [0.2, 0.25) is 0 Å². The van der Waals surface area contributed by atoms with Crippen molar-refractivity contribution in [2.45, 2.75) is 32.6 Å². The number of benzene rings is 1. The van der Waals surface area contributed by atoms with Crippen molar-refractivity contribution in [3.8, 4) is 0 Å². The van der Waals surface area contributed by atoms with E-state index in [0.717, 1.165) is 37.8 Å². The Hall–Kier alpha value is -0.820. The number of rotatable bonds is 8. The molecule has 1 fully saturated rings. The molecule has 0 spiro atoms. The second-order valence-corrected chi connectivity index (χ2v) is 6.42. The van der Waals surface area contributed by atoms with Gasteiger partial charge in [-0.1, -0.05) is 37.3 Å². The van der Waals surface area contributed by atoms with E-state index in [0.29, 0.717) is 0 Å². The second kappa shape index (κ2) is 12.5. The number of hydrogen-bond donors (Lipinski definition) is 2. The van der Waals surface area contributed by atoms with Crippen LogP contribution >= 0.6 is 24.0 Å². The number of hydrogen-bond acceptors (Lipinski definition) is 2. The number of likely N-dealkylation sites (tertiary alicyclic amines) is 1. The minimum absolute atomic E-state index is 0. The van der Waals surface area contributed by atoms with Gasteiger partial charge in [-0.3, -0.25) is 4.99 Å². The first-order chi connectivity index (χ1) is 11.3. The quantitative estimate of drug-likeness (QED) is 0.280. The predicted octanol–water partition coefficient (Wildman–Crippen LogP) is 3.13. The molecule has 0 bridgehead atoms. The average Bonchev–Trinajstić information content (AvgIpc) is 3.03. The number of nitrogens with zero attached hydrogens (tertiary/aromatic N) is 2. The van der Waals surface area contributed by atoms with Crippen LogP contribution in [0.25, 0.3) is 0 Å². The minimum atomic E-state index is 0. The summed E-state index contributed by atoms with van der Waals surface area (Å²) >= 11 is 0. The van der Waals surface area contributed by atoms with E-state index < -0.39 is 0 Å². The molecular weight excluding hydrogens is 411 g/mol. The van der Waals surface area contributed by atoms with Gasteiger partial charge >= 0.3 is 0 Å². The molecule has 1 saturated heterocycles. The smallest absolute Gasteiger partial charge is 0.190 e. The fourth-order valence-electron chi connectivity index (χ4n) is 3.20. The molecule has 0 aliphatic carbocycles. The summed E-state index contributed by atoms with van der Waals surface area (Å²) in [6.45, 7) is 7.96. The highest BCUT2D eigenvalue weighted by Gasteiger charge is 2.21. The maximum Gasteiger partial charge on any atom is 0.190 e. The number of aryl methyl sites for hydroxylation is 1. The first kappa shape index (κ1) is 21.2. The van der Waals surface area contributed by atoms with Crippen molar-refractivity contribution in [2.24, 2.45) is 10.9 Å². The van der Waals surface area contributed by atoms with Gasteiger partial charge in [-0.15, -0.1) is 24.0 Å². The zero-order valence-electron chi connectivity index (χ0n) is 15.1. The first-order valence-corrected chi connectivity index (χ1v) is 9.02. The van der Waals surface area contributed by atoms with E-state index in [4.69, 9.17) is 0 Å². The molecule has 2 rings (SSSR count). The number of nitrogens with one attached hydrogen (secondary N) is 2. The van der Waals surface area contributed by atoms with Crippen molar-refractivity contribution in [2.75, 3.05) is 39.8 Å². The van der Waals surface area contributed by atoms with Gasteiger partial charge in [0.05, 0.1) is 0 Å². The predicted molar refractivity (Wildman–Crippen MR) is 114 cm³/mol. The molecule has 0 saturated carbocycles. The molecule has 4 nitrogen and oxygen atoms in total. The highest BCUT2D eigenvalue weighted by atomic mass is 127. The van der Waals surface area contributed by atoms with Crippen molar-refractivity contribution < 1.29 is 0 Å². The summed E-state index contributed by atoms with van der Waals surface area (Å²) < 4.78 is 0. The maximum atomic E-state index is 4.33. The van der Waals surface area contributed by atoms with Gasteiger partial charge in [0.25, 0.3) is 0 Å². The lowest BCUT2D eigenvalue weighted by atomic mass is 10.1. The van der Waals surface area contributed by atoms with Crippen LogP contribution in [-0.2, 0) is 6.42 Å². The van der Waals surface area contributed by atoms with Gasteiger partial charge in [0.1, 0.15) is 0 Å². The summed E-state index contributed by atoms with van der Waals surface area (Å²) in [6, 6.07) is 10.7. The standard InChI is InChI=1S/C19H32N4.HI/c1-3-13-23-14-11-18(16-23)15-22-19(20-2)21-12-7-10-17-8-5-4-6-9-17;/h4-6,8-9,18H,3,7,10-16H2,1-2H3,(H2,20,21,22);1H. The molecule has 1 aliphatic rings. The molecular formula is C19H33IN4. The van der Waals surface area contributed by atoms with E-state index in [1.54, 1.807) is 0 Å². The van der Waals surface area contributed by atoms with Crippen LogP contribution < -0.4 is 10.6 Å². The summed E-state index contributed by atoms with van der Waals surface area (Å²) in [7, 11) is 1.85. The van der Waals surface area contributed by atoms with Crippen LogP contribution in [0, 0.1) is 5.92 Å². The molecule has 1 aliphatic heterocycles. The molecule has 1 aromatic carbocycles.